The molecule has 0 radical (unpaired) electrons. The molecule has 0 saturated carbocycles. The van der Waals surface area contributed by atoms with E-state index in [-0.39, 0.29) is 12.2 Å². The average molecular weight is 308 g/mol. The van der Waals surface area contributed by atoms with Crippen molar-refractivity contribution >= 4 is 10.8 Å². The maximum atomic E-state index is 12.6. The molecule has 0 N–H and O–H groups in total. The zero-order valence-electron chi connectivity index (χ0n) is 11.2. The lowest BCUT2D eigenvalue weighted by Crippen LogP contribution is -2.36. The number of alkyl halides is 5. The van der Waals surface area contributed by atoms with Crippen LogP contribution in [0.1, 0.15) is 46.0 Å². The fraction of sp³-hybridized carbons (Fsp3) is 1.00. The van der Waals surface area contributed by atoms with Gasteiger partial charge in [0.05, 0.1) is 0 Å². The van der Waals surface area contributed by atoms with Crippen molar-refractivity contribution in [1.82, 2.24) is 0 Å². The first kappa shape index (κ1) is 18.8. The molecule has 0 fully saturated rings. The van der Waals surface area contributed by atoms with Crippen LogP contribution in [0.5, 0.6) is 0 Å². The smallest absolute Gasteiger partial charge is 0.260 e. The predicted molar refractivity (Wildman–Crippen MR) is 66.8 cm³/mol. The number of hydrogen-bond acceptors (Lipinski definition) is 1. The molecular formula is C12H21F5OS. The first-order valence-corrected chi connectivity index (χ1v) is 7.84. The Morgan fingerprint density at radius 3 is 1.95 bits per heavy atom. The normalized spacial score (nSPS) is 14.9. The highest BCUT2D eigenvalue weighted by Gasteiger charge is 2.56. The van der Waals surface area contributed by atoms with Crippen LogP contribution in [0.2, 0.25) is 0 Å². The Labute approximate surface area is 113 Å². The van der Waals surface area contributed by atoms with Crippen molar-refractivity contribution in [1.29, 1.82) is 0 Å². The molecule has 0 aliphatic heterocycles. The molecule has 1 nitrogen and oxygen atoms in total. The first-order chi connectivity index (χ1) is 8.56. The monoisotopic (exact) mass is 308 g/mol. The summed E-state index contributed by atoms with van der Waals surface area (Å²) < 4.78 is 72.1. The minimum atomic E-state index is -5.51. The molecule has 0 aliphatic rings. The molecule has 0 saturated heterocycles. The van der Waals surface area contributed by atoms with Gasteiger partial charge in [-0.25, -0.2) is 0 Å². The third-order valence-electron chi connectivity index (χ3n) is 2.68. The van der Waals surface area contributed by atoms with E-state index in [1.807, 2.05) is 0 Å². The second-order valence-electron chi connectivity index (χ2n) is 5.04. The maximum absolute atomic E-state index is 12.6. The summed E-state index contributed by atoms with van der Waals surface area (Å²) in [5.74, 6) is -3.83. The summed E-state index contributed by atoms with van der Waals surface area (Å²) in [6.07, 6.45) is -4.53. The van der Waals surface area contributed by atoms with Gasteiger partial charge < -0.3 is 0 Å². The van der Waals surface area contributed by atoms with Crippen LogP contribution in [0.15, 0.2) is 0 Å². The lowest BCUT2D eigenvalue weighted by atomic mass is 10.1. The standard InChI is InChI=1S/C12H21F5OS/c1-10(2)6-3-4-8-19(18)9-5-7-11(13,14)12(15,16)17/h10H,3-9H2,1-2H3. The van der Waals surface area contributed by atoms with Gasteiger partial charge in [0, 0.05) is 28.7 Å². The van der Waals surface area contributed by atoms with Gasteiger partial charge in [-0.15, -0.1) is 0 Å². The van der Waals surface area contributed by atoms with Crippen molar-refractivity contribution in [3.05, 3.63) is 0 Å². The fourth-order valence-electron chi connectivity index (χ4n) is 1.51. The van der Waals surface area contributed by atoms with Crippen LogP contribution in [0, 0.1) is 5.92 Å². The molecule has 7 heteroatoms. The average Bonchev–Trinajstić information content (AvgIpc) is 2.22. The van der Waals surface area contributed by atoms with Crippen LogP contribution in [-0.2, 0) is 10.8 Å². The van der Waals surface area contributed by atoms with Crippen LogP contribution < -0.4 is 0 Å². The topological polar surface area (TPSA) is 17.1 Å². The zero-order chi connectivity index (χ0) is 15.1. The molecule has 1 atom stereocenters. The fourth-order valence-corrected chi connectivity index (χ4v) is 2.71. The van der Waals surface area contributed by atoms with E-state index < -0.39 is 29.3 Å². The minimum Gasteiger partial charge on any atom is -0.260 e. The second-order valence-corrected chi connectivity index (χ2v) is 6.74. The van der Waals surface area contributed by atoms with Gasteiger partial charge in [-0.2, -0.15) is 22.0 Å². The van der Waals surface area contributed by atoms with Gasteiger partial charge in [0.2, 0.25) is 0 Å². The van der Waals surface area contributed by atoms with Gasteiger partial charge in [-0.1, -0.05) is 26.7 Å². The lowest BCUT2D eigenvalue weighted by Gasteiger charge is -2.19. The van der Waals surface area contributed by atoms with Crippen LogP contribution in [0.25, 0.3) is 0 Å². The van der Waals surface area contributed by atoms with Crippen LogP contribution >= 0.6 is 0 Å². The summed E-state index contributed by atoms with van der Waals surface area (Å²) >= 11 is 0. The van der Waals surface area contributed by atoms with E-state index in [9.17, 15) is 26.2 Å². The highest BCUT2D eigenvalue weighted by atomic mass is 32.2. The molecule has 0 aromatic carbocycles. The van der Waals surface area contributed by atoms with E-state index in [2.05, 4.69) is 13.8 Å². The van der Waals surface area contributed by atoms with Gasteiger partial charge in [0.15, 0.2) is 0 Å². The number of hydrogen-bond donors (Lipinski definition) is 0. The molecule has 1 unspecified atom stereocenters. The van der Waals surface area contributed by atoms with Crippen LogP contribution in [-0.4, -0.2) is 27.8 Å². The predicted octanol–water partition coefficient (Wildman–Crippen LogP) is 4.54. The van der Waals surface area contributed by atoms with E-state index in [1.54, 1.807) is 0 Å². The number of halogens is 5. The lowest BCUT2D eigenvalue weighted by molar-refractivity contribution is -0.284. The highest BCUT2D eigenvalue weighted by Crippen LogP contribution is 2.38. The van der Waals surface area contributed by atoms with Gasteiger partial charge in [0.1, 0.15) is 0 Å². The van der Waals surface area contributed by atoms with Crippen molar-refractivity contribution in [2.45, 2.75) is 58.1 Å². The van der Waals surface area contributed by atoms with Crippen LogP contribution in [0.3, 0.4) is 0 Å². The molecule has 0 spiro atoms. The van der Waals surface area contributed by atoms with Gasteiger partial charge >= 0.3 is 12.1 Å². The maximum Gasteiger partial charge on any atom is 0.453 e. The SMILES string of the molecule is CC(C)CCCCS(=O)CCCC(F)(F)C(F)(F)F. The molecule has 0 heterocycles. The molecule has 0 aliphatic carbocycles. The molecule has 116 valence electrons. The Bertz CT molecular complexity index is 276. The third kappa shape index (κ3) is 8.55. The Kier molecular flexibility index (Phi) is 8.08. The second kappa shape index (κ2) is 8.17. The Hall–Kier alpha value is -0.200. The molecule has 0 bridgehead atoms. The summed E-state index contributed by atoms with van der Waals surface area (Å²) in [4.78, 5) is 0. The van der Waals surface area contributed by atoms with E-state index in [0.717, 1.165) is 19.3 Å². The Balaban J connectivity index is 3.75. The molecule has 0 aromatic rings. The highest BCUT2D eigenvalue weighted by molar-refractivity contribution is 7.84. The summed E-state index contributed by atoms with van der Waals surface area (Å²) in [6, 6.07) is 0. The quantitative estimate of drug-likeness (QED) is 0.451. The summed E-state index contributed by atoms with van der Waals surface area (Å²) in [6.45, 7) is 4.13. The van der Waals surface area contributed by atoms with E-state index in [1.165, 1.54) is 0 Å². The van der Waals surface area contributed by atoms with Crippen molar-refractivity contribution in [2.75, 3.05) is 11.5 Å². The van der Waals surface area contributed by atoms with Gasteiger partial charge in [-0.05, 0) is 18.8 Å². The summed E-state index contributed by atoms with van der Waals surface area (Å²) in [5, 5.41) is 0. The zero-order valence-corrected chi connectivity index (χ0v) is 12.0. The third-order valence-corrected chi connectivity index (χ3v) is 4.17. The van der Waals surface area contributed by atoms with Gasteiger partial charge in [0.25, 0.3) is 0 Å². The van der Waals surface area contributed by atoms with E-state index >= 15 is 0 Å². The molecule has 0 amide bonds. The molecule has 0 aromatic heterocycles. The van der Waals surface area contributed by atoms with Crippen LogP contribution in [0.4, 0.5) is 22.0 Å². The Morgan fingerprint density at radius 2 is 1.47 bits per heavy atom. The minimum absolute atomic E-state index is 0.0899. The Morgan fingerprint density at radius 1 is 0.947 bits per heavy atom. The van der Waals surface area contributed by atoms with Crippen molar-refractivity contribution in [2.24, 2.45) is 5.92 Å². The summed E-state index contributed by atoms with van der Waals surface area (Å²) in [5.41, 5.74) is 0. The molecular weight excluding hydrogens is 287 g/mol. The molecule has 0 rings (SSSR count). The van der Waals surface area contributed by atoms with Crippen molar-refractivity contribution in [3.63, 3.8) is 0 Å². The van der Waals surface area contributed by atoms with E-state index in [0.29, 0.717) is 11.7 Å². The largest absolute Gasteiger partial charge is 0.453 e. The number of unbranched alkanes of at least 4 members (excludes halogenated alkanes) is 1. The van der Waals surface area contributed by atoms with Gasteiger partial charge in [-0.3, -0.25) is 4.21 Å². The molecule has 19 heavy (non-hydrogen) atoms. The number of rotatable bonds is 9. The first-order valence-electron chi connectivity index (χ1n) is 6.36. The van der Waals surface area contributed by atoms with Crippen molar-refractivity contribution < 1.29 is 26.2 Å². The summed E-state index contributed by atoms with van der Waals surface area (Å²) in [7, 11) is -1.30. The van der Waals surface area contributed by atoms with E-state index in [4.69, 9.17) is 0 Å². The van der Waals surface area contributed by atoms with Crippen molar-refractivity contribution in [3.8, 4) is 0 Å².